The summed E-state index contributed by atoms with van der Waals surface area (Å²) < 4.78 is 2.08. The molecule has 20 heavy (non-hydrogen) atoms. The molecule has 1 heterocycles. The molecule has 1 fully saturated rings. The Morgan fingerprint density at radius 3 is 2.85 bits per heavy atom. The number of hydrogen-bond acceptors (Lipinski definition) is 2. The standard InChI is InChI=1S/C16H20N2O2/c1-11-17-14-8-4-7-13(16(19)20)15(14)18(11)10-9-12-5-2-3-6-12/h4,7-8,12H,2-3,5-6,9-10H2,1H3,(H,19,20). The molecule has 0 bridgehead atoms. The summed E-state index contributed by atoms with van der Waals surface area (Å²) >= 11 is 0. The minimum atomic E-state index is -0.877. The van der Waals surface area contributed by atoms with Crippen LogP contribution in [0.1, 0.15) is 48.3 Å². The number of aromatic carboxylic acids is 1. The van der Waals surface area contributed by atoms with Crippen LogP contribution >= 0.6 is 0 Å². The van der Waals surface area contributed by atoms with Gasteiger partial charge < -0.3 is 9.67 Å². The molecule has 1 aliphatic rings. The summed E-state index contributed by atoms with van der Waals surface area (Å²) in [5.41, 5.74) is 1.92. The van der Waals surface area contributed by atoms with E-state index in [0.29, 0.717) is 5.56 Å². The average molecular weight is 272 g/mol. The molecule has 0 amide bonds. The molecule has 1 aliphatic carbocycles. The van der Waals surface area contributed by atoms with E-state index >= 15 is 0 Å². The molecule has 0 radical (unpaired) electrons. The van der Waals surface area contributed by atoms with Crippen molar-refractivity contribution in [3.05, 3.63) is 29.6 Å². The first kappa shape index (κ1) is 13.2. The summed E-state index contributed by atoms with van der Waals surface area (Å²) in [5.74, 6) is 0.827. The van der Waals surface area contributed by atoms with Gasteiger partial charge in [-0.1, -0.05) is 31.7 Å². The number of fused-ring (bicyclic) bond motifs is 1. The third-order valence-electron chi connectivity index (χ3n) is 4.42. The first-order chi connectivity index (χ1) is 9.66. The number of carboxylic acids is 1. The number of aromatic nitrogens is 2. The molecule has 0 aliphatic heterocycles. The van der Waals surface area contributed by atoms with E-state index in [-0.39, 0.29) is 0 Å². The number of aryl methyl sites for hydroxylation is 2. The van der Waals surface area contributed by atoms with E-state index < -0.39 is 5.97 Å². The Balaban J connectivity index is 1.95. The molecule has 1 saturated carbocycles. The molecule has 3 rings (SSSR count). The van der Waals surface area contributed by atoms with Crippen LogP contribution in [0.4, 0.5) is 0 Å². The molecule has 0 atom stereocenters. The molecule has 1 N–H and O–H groups in total. The Kier molecular flexibility index (Phi) is 3.47. The second kappa shape index (κ2) is 5.27. The van der Waals surface area contributed by atoms with Crippen molar-refractivity contribution >= 4 is 17.0 Å². The number of rotatable bonds is 4. The predicted molar refractivity (Wildman–Crippen MR) is 78.0 cm³/mol. The molecule has 0 unspecified atom stereocenters. The largest absolute Gasteiger partial charge is 0.478 e. The maximum Gasteiger partial charge on any atom is 0.337 e. The number of nitrogens with zero attached hydrogens (tertiary/aromatic N) is 2. The van der Waals surface area contributed by atoms with Crippen LogP contribution in [0.3, 0.4) is 0 Å². The number of carboxylic acid groups (broad SMARTS) is 1. The van der Waals surface area contributed by atoms with Crippen LogP contribution in [0.25, 0.3) is 11.0 Å². The van der Waals surface area contributed by atoms with Gasteiger partial charge in [-0.25, -0.2) is 9.78 Å². The third kappa shape index (κ3) is 2.30. The van der Waals surface area contributed by atoms with Crippen molar-refractivity contribution < 1.29 is 9.90 Å². The first-order valence-corrected chi connectivity index (χ1v) is 7.36. The van der Waals surface area contributed by atoms with Crippen LogP contribution in [0, 0.1) is 12.8 Å². The van der Waals surface area contributed by atoms with E-state index in [4.69, 9.17) is 0 Å². The Bertz CT molecular complexity index is 639. The van der Waals surface area contributed by atoms with E-state index in [1.807, 2.05) is 13.0 Å². The summed E-state index contributed by atoms with van der Waals surface area (Å²) in [6.07, 6.45) is 6.44. The van der Waals surface area contributed by atoms with Gasteiger partial charge in [0.1, 0.15) is 5.82 Å². The van der Waals surface area contributed by atoms with Crippen LogP contribution in [0.15, 0.2) is 18.2 Å². The van der Waals surface area contributed by atoms with Gasteiger partial charge in [-0.3, -0.25) is 0 Å². The first-order valence-electron chi connectivity index (χ1n) is 7.36. The lowest BCUT2D eigenvalue weighted by molar-refractivity contribution is 0.0698. The zero-order valence-electron chi connectivity index (χ0n) is 11.8. The zero-order chi connectivity index (χ0) is 14.1. The number of imidazole rings is 1. The fraction of sp³-hybridized carbons (Fsp3) is 0.500. The van der Waals surface area contributed by atoms with Crippen molar-refractivity contribution in [3.8, 4) is 0 Å². The highest BCUT2D eigenvalue weighted by molar-refractivity contribution is 6.01. The van der Waals surface area contributed by atoms with Crippen molar-refractivity contribution in [3.63, 3.8) is 0 Å². The van der Waals surface area contributed by atoms with Crippen molar-refractivity contribution in [1.82, 2.24) is 9.55 Å². The Labute approximate surface area is 118 Å². The van der Waals surface area contributed by atoms with Gasteiger partial charge in [-0.15, -0.1) is 0 Å². The molecule has 4 heteroatoms. The van der Waals surface area contributed by atoms with Gasteiger partial charge in [-0.2, -0.15) is 0 Å². The Hall–Kier alpha value is -1.84. The van der Waals surface area contributed by atoms with E-state index in [9.17, 15) is 9.90 Å². The Morgan fingerprint density at radius 1 is 1.40 bits per heavy atom. The van der Waals surface area contributed by atoms with E-state index in [2.05, 4.69) is 9.55 Å². The summed E-state index contributed by atoms with van der Waals surface area (Å²) in [6.45, 7) is 2.83. The van der Waals surface area contributed by atoms with Crippen LogP contribution in [0.2, 0.25) is 0 Å². The fourth-order valence-corrected chi connectivity index (χ4v) is 3.36. The normalized spacial score (nSPS) is 16.1. The lowest BCUT2D eigenvalue weighted by Crippen LogP contribution is -2.08. The summed E-state index contributed by atoms with van der Waals surface area (Å²) in [5, 5.41) is 9.36. The van der Waals surface area contributed by atoms with Crippen molar-refractivity contribution in [1.29, 1.82) is 0 Å². The minimum absolute atomic E-state index is 0.356. The van der Waals surface area contributed by atoms with Crippen LogP contribution < -0.4 is 0 Å². The van der Waals surface area contributed by atoms with E-state index in [0.717, 1.165) is 35.7 Å². The molecular formula is C16H20N2O2. The van der Waals surface area contributed by atoms with Crippen LogP contribution in [0.5, 0.6) is 0 Å². The number of hydrogen-bond donors (Lipinski definition) is 1. The summed E-state index contributed by atoms with van der Waals surface area (Å²) in [6, 6.07) is 5.32. The fourth-order valence-electron chi connectivity index (χ4n) is 3.36. The molecule has 1 aromatic carbocycles. The molecular weight excluding hydrogens is 252 g/mol. The van der Waals surface area contributed by atoms with Gasteiger partial charge in [-0.05, 0) is 31.4 Å². The van der Waals surface area contributed by atoms with Gasteiger partial charge >= 0.3 is 5.97 Å². The average Bonchev–Trinajstić information content (AvgIpc) is 3.02. The molecule has 106 valence electrons. The molecule has 0 saturated heterocycles. The van der Waals surface area contributed by atoms with Crippen molar-refractivity contribution in [2.24, 2.45) is 5.92 Å². The minimum Gasteiger partial charge on any atom is -0.478 e. The maximum absolute atomic E-state index is 11.4. The predicted octanol–water partition coefficient (Wildman–Crippen LogP) is 3.62. The number of benzene rings is 1. The van der Waals surface area contributed by atoms with Crippen molar-refractivity contribution in [2.75, 3.05) is 0 Å². The van der Waals surface area contributed by atoms with Gasteiger partial charge in [0.2, 0.25) is 0 Å². The van der Waals surface area contributed by atoms with E-state index in [1.165, 1.54) is 25.7 Å². The molecule has 2 aromatic rings. The maximum atomic E-state index is 11.4. The summed E-state index contributed by atoms with van der Waals surface area (Å²) in [4.78, 5) is 15.9. The van der Waals surface area contributed by atoms with Gasteiger partial charge in [0.15, 0.2) is 0 Å². The van der Waals surface area contributed by atoms with Gasteiger partial charge in [0.25, 0.3) is 0 Å². The second-order valence-electron chi connectivity index (χ2n) is 5.73. The van der Waals surface area contributed by atoms with Crippen LogP contribution in [-0.2, 0) is 6.54 Å². The zero-order valence-corrected chi connectivity index (χ0v) is 11.8. The number of carbonyl (C=O) groups is 1. The van der Waals surface area contributed by atoms with Gasteiger partial charge in [0, 0.05) is 6.54 Å². The highest BCUT2D eigenvalue weighted by atomic mass is 16.4. The topological polar surface area (TPSA) is 55.1 Å². The quantitative estimate of drug-likeness (QED) is 0.924. The molecule has 0 spiro atoms. The third-order valence-corrected chi connectivity index (χ3v) is 4.42. The smallest absolute Gasteiger partial charge is 0.337 e. The highest BCUT2D eigenvalue weighted by Crippen LogP contribution is 2.29. The molecule has 4 nitrogen and oxygen atoms in total. The SMILES string of the molecule is Cc1nc2cccc(C(=O)O)c2n1CCC1CCCC1. The van der Waals surface area contributed by atoms with Gasteiger partial charge in [0.05, 0.1) is 16.6 Å². The van der Waals surface area contributed by atoms with Crippen LogP contribution in [-0.4, -0.2) is 20.6 Å². The highest BCUT2D eigenvalue weighted by Gasteiger charge is 2.18. The lowest BCUT2D eigenvalue weighted by atomic mass is 10.0. The lowest BCUT2D eigenvalue weighted by Gasteiger charge is -2.12. The monoisotopic (exact) mass is 272 g/mol. The van der Waals surface area contributed by atoms with E-state index in [1.54, 1.807) is 12.1 Å². The second-order valence-corrected chi connectivity index (χ2v) is 5.73. The summed E-state index contributed by atoms with van der Waals surface area (Å²) in [7, 11) is 0. The van der Waals surface area contributed by atoms with Crippen molar-refractivity contribution in [2.45, 2.75) is 45.6 Å². The number of para-hydroxylation sites is 1. The Morgan fingerprint density at radius 2 is 2.15 bits per heavy atom. The molecule has 1 aromatic heterocycles.